The van der Waals surface area contributed by atoms with E-state index in [1.165, 1.54) is 41.2 Å². The van der Waals surface area contributed by atoms with Crippen molar-refractivity contribution in [2.24, 2.45) is 0 Å². The van der Waals surface area contributed by atoms with Gasteiger partial charge in [0.25, 0.3) is 11.6 Å². The number of hydrogen-bond acceptors (Lipinski definition) is 7. The van der Waals surface area contributed by atoms with Crippen molar-refractivity contribution < 1.29 is 18.8 Å². The second kappa shape index (κ2) is 9.22. The van der Waals surface area contributed by atoms with E-state index in [0.29, 0.717) is 22.7 Å². The third-order valence-corrected chi connectivity index (χ3v) is 4.71. The number of rotatable bonds is 7. The first-order valence-corrected chi connectivity index (χ1v) is 9.74. The van der Waals surface area contributed by atoms with E-state index < -0.39 is 16.6 Å². The van der Waals surface area contributed by atoms with Crippen LogP contribution in [0.25, 0.3) is 5.69 Å². The Morgan fingerprint density at radius 2 is 2.06 bits per heavy atom. The molecule has 0 radical (unpaired) electrons. The first kappa shape index (κ1) is 21.6. The molecular weight excluding hydrogens is 431 g/mol. The molecule has 0 saturated carbocycles. The summed E-state index contributed by atoms with van der Waals surface area (Å²) in [6.07, 6.45) is 3.05. The Bertz CT molecular complexity index is 1330. The molecule has 2 heterocycles. The summed E-state index contributed by atoms with van der Waals surface area (Å²) < 4.78 is 21.2. The van der Waals surface area contributed by atoms with Crippen LogP contribution < -0.4 is 10.1 Å². The summed E-state index contributed by atoms with van der Waals surface area (Å²) in [5.41, 5.74) is 1.27. The predicted molar refractivity (Wildman–Crippen MR) is 115 cm³/mol. The maximum atomic E-state index is 14.4. The number of non-ortho nitro benzene ring substituents is 1. The number of nitrogens with one attached hydrogen (secondary N) is 1. The van der Waals surface area contributed by atoms with Gasteiger partial charge >= 0.3 is 0 Å². The van der Waals surface area contributed by atoms with Crippen LogP contribution in [-0.2, 0) is 6.54 Å². The zero-order chi connectivity index (χ0) is 23.4. The number of aromatic nitrogens is 4. The Labute approximate surface area is 186 Å². The fourth-order valence-corrected chi connectivity index (χ4v) is 3.06. The van der Waals surface area contributed by atoms with Gasteiger partial charge in [-0.15, -0.1) is 5.10 Å². The highest BCUT2D eigenvalue weighted by Gasteiger charge is 2.18. The number of pyridine rings is 1. The summed E-state index contributed by atoms with van der Waals surface area (Å²) in [7, 11) is 0. The number of carbonyl (C=O) groups is 1. The van der Waals surface area contributed by atoms with Crippen LogP contribution in [0, 0.1) is 22.9 Å². The van der Waals surface area contributed by atoms with E-state index in [1.807, 2.05) is 0 Å². The number of nitrogens with zero attached hydrogens (tertiary/aromatic N) is 5. The molecule has 2 aromatic carbocycles. The van der Waals surface area contributed by atoms with Gasteiger partial charge in [0.1, 0.15) is 5.75 Å². The zero-order valence-corrected chi connectivity index (χ0v) is 17.3. The average Bonchev–Trinajstić information content (AvgIpc) is 3.21. The third-order valence-electron chi connectivity index (χ3n) is 4.71. The highest BCUT2D eigenvalue weighted by Crippen LogP contribution is 2.24. The minimum atomic E-state index is -0.585. The molecule has 10 nitrogen and oxygen atoms in total. The lowest BCUT2D eigenvalue weighted by Crippen LogP contribution is -2.24. The largest absolute Gasteiger partial charge is 0.453 e. The molecule has 0 aliphatic heterocycles. The molecule has 11 heteroatoms. The minimum Gasteiger partial charge on any atom is -0.453 e. The summed E-state index contributed by atoms with van der Waals surface area (Å²) in [5, 5.41) is 21.5. The van der Waals surface area contributed by atoms with Crippen molar-refractivity contribution >= 4 is 11.6 Å². The van der Waals surface area contributed by atoms with E-state index in [2.05, 4.69) is 20.6 Å². The normalized spacial score (nSPS) is 10.6. The van der Waals surface area contributed by atoms with Crippen LogP contribution in [0.1, 0.15) is 21.7 Å². The molecule has 0 atom stereocenters. The van der Waals surface area contributed by atoms with Gasteiger partial charge in [-0.25, -0.2) is 9.07 Å². The summed E-state index contributed by atoms with van der Waals surface area (Å²) in [6.45, 7) is 1.67. The number of nitro benzene ring substituents is 1. The van der Waals surface area contributed by atoms with Crippen molar-refractivity contribution in [1.82, 2.24) is 25.3 Å². The van der Waals surface area contributed by atoms with E-state index in [1.54, 1.807) is 37.4 Å². The van der Waals surface area contributed by atoms with Crippen molar-refractivity contribution in [2.45, 2.75) is 13.5 Å². The molecule has 0 saturated heterocycles. The molecule has 0 fully saturated rings. The van der Waals surface area contributed by atoms with E-state index >= 15 is 0 Å². The number of carbonyl (C=O) groups excluding carboxylic acids is 1. The summed E-state index contributed by atoms with van der Waals surface area (Å²) in [4.78, 5) is 27.0. The number of benzene rings is 2. The highest BCUT2D eigenvalue weighted by molar-refractivity contribution is 5.93. The number of ether oxygens (including phenoxy) is 1. The molecule has 1 N–H and O–H groups in total. The molecule has 1 amide bonds. The van der Waals surface area contributed by atoms with E-state index in [4.69, 9.17) is 4.74 Å². The smallest absolute Gasteiger partial charge is 0.274 e. The average molecular weight is 448 g/mol. The monoisotopic (exact) mass is 448 g/mol. The number of amides is 1. The fourth-order valence-electron chi connectivity index (χ4n) is 3.06. The van der Waals surface area contributed by atoms with Crippen molar-refractivity contribution in [2.75, 3.05) is 0 Å². The van der Waals surface area contributed by atoms with Crippen LogP contribution in [0.5, 0.6) is 11.5 Å². The first-order chi connectivity index (χ1) is 15.9. The Kier molecular flexibility index (Phi) is 6.02. The van der Waals surface area contributed by atoms with Gasteiger partial charge in [0, 0.05) is 24.9 Å². The first-order valence-electron chi connectivity index (χ1n) is 9.74. The standard InChI is InChI=1S/C22H17FN6O4/c1-14-21(26-27-28(14)16-4-2-5-17(11-16)29(31)32)22(30)25-12-15-7-8-20(19(23)10-15)33-18-6-3-9-24-13-18/h2-11,13H,12H2,1H3,(H,25,30). The van der Waals surface area contributed by atoms with Gasteiger partial charge in [0.2, 0.25) is 0 Å². The zero-order valence-electron chi connectivity index (χ0n) is 17.3. The van der Waals surface area contributed by atoms with Crippen molar-refractivity contribution in [1.29, 1.82) is 0 Å². The number of halogens is 1. The Balaban J connectivity index is 1.44. The van der Waals surface area contributed by atoms with E-state index in [9.17, 15) is 19.3 Å². The van der Waals surface area contributed by atoms with Crippen LogP contribution >= 0.6 is 0 Å². The molecule has 166 valence electrons. The van der Waals surface area contributed by atoms with Crippen LogP contribution in [0.2, 0.25) is 0 Å². The van der Waals surface area contributed by atoms with Gasteiger partial charge in [0.15, 0.2) is 17.3 Å². The van der Waals surface area contributed by atoms with Gasteiger partial charge in [-0.3, -0.25) is 19.9 Å². The van der Waals surface area contributed by atoms with Crippen molar-refractivity contribution in [3.8, 4) is 17.2 Å². The fraction of sp³-hybridized carbons (Fsp3) is 0.0909. The van der Waals surface area contributed by atoms with Crippen LogP contribution in [0.4, 0.5) is 10.1 Å². The number of nitro groups is 1. The molecular formula is C22H17FN6O4. The quantitative estimate of drug-likeness (QED) is 0.337. The molecule has 4 rings (SSSR count). The molecule has 4 aromatic rings. The maximum Gasteiger partial charge on any atom is 0.274 e. The second-order valence-electron chi connectivity index (χ2n) is 6.95. The lowest BCUT2D eigenvalue weighted by Gasteiger charge is -2.09. The number of hydrogen-bond donors (Lipinski definition) is 1. The Hall–Kier alpha value is -4.67. The molecule has 0 aliphatic rings. The third kappa shape index (κ3) is 4.82. The van der Waals surface area contributed by atoms with Crippen LogP contribution in [0.3, 0.4) is 0 Å². The SMILES string of the molecule is Cc1c(C(=O)NCc2ccc(Oc3cccnc3)c(F)c2)nnn1-c1cccc([N+](=O)[O-])c1. The molecule has 33 heavy (non-hydrogen) atoms. The molecule has 0 aliphatic carbocycles. The van der Waals surface area contributed by atoms with Crippen LogP contribution in [-0.4, -0.2) is 30.8 Å². The van der Waals surface area contributed by atoms with Gasteiger partial charge in [-0.1, -0.05) is 17.3 Å². The minimum absolute atomic E-state index is 0.0359. The van der Waals surface area contributed by atoms with Crippen LogP contribution in [0.15, 0.2) is 67.0 Å². The molecule has 2 aromatic heterocycles. The Morgan fingerprint density at radius 1 is 1.21 bits per heavy atom. The predicted octanol–water partition coefficient (Wildman–Crippen LogP) is 3.74. The van der Waals surface area contributed by atoms with Gasteiger partial charge < -0.3 is 10.1 Å². The molecule has 0 unspecified atom stereocenters. The Morgan fingerprint density at radius 3 is 2.79 bits per heavy atom. The lowest BCUT2D eigenvalue weighted by molar-refractivity contribution is -0.384. The van der Waals surface area contributed by atoms with Gasteiger partial charge in [-0.05, 0) is 42.8 Å². The maximum absolute atomic E-state index is 14.4. The van der Waals surface area contributed by atoms with Crippen molar-refractivity contribution in [3.63, 3.8) is 0 Å². The summed E-state index contributed by atoms with van der Waals surface area (Å²) in [6, 6.07) is 13.5. The summed E-state index contributed by atoms with van der Waals surface area (Å²) in [5.74, 6) is -0.660. The summed E-state index contributed by atoms with van der Waals surface area (Å²) >= 11 is 0. The molecule has 0 spiro atoms. The lowest BCUT2D eigenvalue weighted by atomic mass is 10.2. The second-order valence-corrected chi connectivity index (χ2v) is 6.95. The van der Waals surface area contributed by atoms with Crippen molar-refractivity contribution in [3.05, 3.63) is 99.9 Å². The van der Waals surface area contributed by atoms with Gasteiger partial charge in [0.05, 0.1) is 22.5 Å². The molecule has 0 bridgehead atoms. The van der Waals surface area contributed by atoms with Gasteiger partial charge in [-0.2, -0.15) is 0 Å². The van der Waals surface area contributed by atoms with E-state index in [-0.39, 0.29) is 23.7 Å². The topological polar surface area (TPSA) is 125 Å². The van der Waals surface area contributed by atoms with E-state index in [0.717, 1.165) is 0 Å². The highest BCUT2D eigenvalue weighted by atomic mass is 19.1.